The van der Waals surface area contributed by atoms with Crippen LogP contribution in [-0.4, -0.2) is 0 Å². The highest BCUT2D eigenvalue weighted by Crippen LogP contribution is 2.21. The van der Waals surface area contributed by atoms with Crippen molar-refractivity contribution >= 4 is 34.0 Å². The molecular formula is C9H10N2S2. The van der Waals surface area contributed by atoms with Gasteiger partial charge in [-0.25, -0.2) is 0 Å². The van der Waals surface area contributed by atoms with Gasteiger partial charge in [0, 0.05) is 21.6 Å². The van der Waals surface area contributed by atoms with E-state index < -0.39 is 0 Å². The van der Waals surface area contributed by atoms with Gasteiger partial charge < -0.3 is 11.1 Å². The normalized spacial score (nSPS) is 10.2. The summed E-state index contributed by atoms with van der Waals surface area (Å²) in [5.41, 5.74) is 7.80. The Hall–Kier alpha value is -1.00. The first-order valence-electron chi connectivity index (χ1n) is 3.94. The van der Waals surface area contributed by atoms with Crippen molar-refractivity contribution in [3.05, 3.63) is 33.2 Å². The zero-order chi connectivity index (χ0) is 9.10. The number of rotatable bonds is 3. The largest absolute Gasteiger partial charge is 0.398 e. The summed E-state index contributed by atoms with van der Waals surface area (Å²) in [6.07, 6.45) is 0. The Morgan fingerprint density at radius 2 is 2.23 bits per heavy atom. The van der Waals surface area contributed by atoms with E-state index >= 15 is 0 Å². The number of nitrogen functional groups attached to an aromatic ring is 1. The van der Waals surface area contributed by atoms with Crippen molar-refractivity contribution in [2.24, 2.45) is 0 Å². The summed E-state index contributed by atoms with van der Waals surface area (Å²) in [4.78, 5) is 1.20. The molecule has 0 aliphatic rings. The van der Waals surface area contributed by atoms with Crippen molar-refractivity contribution < 1.29 is 0 Å². The van der Waals surface area contributed by atoms with Crippen LogP contribution in [0.25, 0.3) is 0 Å². The van der Waals surface area contributed by atoms with Gasteiger partial charge >= 0.3 is 0 Å². The Labute approximate surface area is 85.0 Å². The van der Waals surface area contributed by atoms with Crippen molar-refractivity contribution in [3.8, 4) is 0 Å². The quantitative estimate of drug-likeness (QED) is 0.817. The van der Waals surface area contributed by atoms with E-state index in [1.54, 1.807) is 22.7 Å². The molecule has 0 atom stereocenters. The second-order valence-corrected chi connectivity index (χ2v) is 4.45. The van der Waals surface area contributed by atoms with Crippen molar-refractivity contribution in [1.82, 2.24) is 0 Å². The molecule has 0 saturated heterocycles. The third-order valence-electron chi connectivity index (χ3n) is 1.75. The predicted octanol–water partition coefficient (Wildman–Crippen LogP) is 3.00. The van der Waals surface area contributed by atoms with Crippen LogP contribution in [0.4, 0.5) is 11.4 Å². The number of hydrogen-bond acceptors (Lipinski definition) is 4. The van der Waals surface area contributed by atoms with Gasteiger partial charge in [-0.2, -0.15) is 11.3 Å². The van der Waals surface area contributed by atoms with Gasteiger partial charge in [0.15, 0.2) is 0 Å². The van der Waals surface area contributed by atoms with Gasteiger partial charge in [-0.05, 0) is 22.9 Å². The van der Waals surface area contributed by atoms with Gasteiger partial charge in [0.1, 0.15) is 0 Å². The first kappa shape index (κ1) is 8.59. The maximum Gasteiger partial charge on any atom is 0.0515 e. The van der Waals surface area contributed by atoms with Gasteiger partial charge in [-0.15, -0.1) is 11.3 Å². The molecule has 0 radical (unpaired) electrons. The van der Waals surface area contributed by atoms with Crippen molar-refractivity contribution in [1.29, 1.82) is 0 Å². The van der Waals surface area contributed by atoms with Crippen molar-refractivity contribution in [2.75, 3.05) is 11.1 Å². The summed E-state index contributed by atoms with van der Waals surface area (Å²) in [6.45, 7) is 0.820. The fourth-order valence-corrected chi connectivity index (χ4v) is 2.39. The lowest BCUT2D eigenvalue weighted by Gasteiger charge is -2.01. The van der Waals surface area contributed by atoms with Gasteiger partial charge in [0.05, 0.1) is 6.54 Å². The molecule has 4 heteroatoms. The molecule has 2 aromatic heterocycles. The Kier molecular flexibility index (Phi) is 2.52. The van der Waals surface area contributed by atoms with E-state index in [0.717, 1.165) is 17.9 Å². The molecule has 0 aliphatic carbocycles. The smallest absolute Gasteiger partial charge is 0.0515 e. The summed E-state index contributed by atoms with van der Waals surface area (Å²) in [7, 11) is 0. The maximum atomic E-state index is 5.75. The Morgan fingerprint density at radius 3 is 2.85 bits per heavy atom. The van der Waals surface area contributed by atoms with Gasteiger partial charge in [-0.1, -0.05) is 0 Å². The Balaban J connectivity index is 1.97. The van der Waals surface area contributed by atoms with Crippen LogP contribution in [0.5, 0.6) is 0 Å². The van der Waals surface area contributed by atoms with Crippen LogP contribution < -0.4 is 11.1 Å². The Bertz CT molecular complexity index is 365. The molecule has 2 heterocycles. The SMILES string of the molecule is Nc1ccsc1CNc1ccsc1. The van der Waals surface area contributed by atoms with Crippen molar-refractivity contribution in [2.45, 2.75) is 6.54 Å². The molecular weight excluding hydrogens is 200 g/mol. The minimum atomic E-state index is 0.820. The van der Waals surface area contributed by atoms with Gasteiger partial charge in [0.25, 0.3) is 0 Å². The molecule has 2 nitrogen and oxygen atoms in total. The van der Waals surface area contributed by atoms with E-state index in [0.29, 0.717) is 0 Å². The second kappa shape index (κ2) is 3.81. The highest BCUT2D eigenvalue weighted by molar-refractivity contribution is 7.10. The average Bonchev–Trinajstić information content (AvgIpc) is 2.72. The summed E-state index contributed by atoms with van der Waals surface area (Å²) in [6, 6.07) is 4.00. The second-order valence-electron chi connectivity index (χ2n) is 2.66. The van der Waals surface area contributed by atoms with Gasteiger partial charge in [0.2, 0.25) is 0 Å². The molecule has 3 N–H and O–H groups in total. The minimum absolute atomic E-state index is 0.820. The highest BCUT2D eigenvalue weighted by Gasteiger charge is 1.99. The summed E-state index contributed by atoms with van der Waals surface area (Å²) >= 11 is 3.38. The van der Waals surface area contributed by atoms with Crippen LogP contribution in [0.15, 0.2) is 28.3 Å². The highest BCUT2D eigenvalue weighted by atomic mass is 32.1. The van der Waals surface area contributed by atoms with Gasteiger partial charge in [-0.3, -0.25) is 0 Å². The average molecular weight is 210 g/mol. The van der Waals surface area contributed by atoms with Crippen LogP contribution in [0.2, 0.25) is 0 Å². The molecule has 0 amide bonds. The maximum absolute atomic E-state index is 5.75. The zero-order valence-corrected chi connectivity index (χ0v) is 8.62. The van der Waals surface area contributed by atoms with Crippen LogP contribution in [0.3, 0.4) is 0 Å². The standard InChI is InChI=1S/C9H10N2S2/c10-8-2-4-13-9(8)5-11-7-1-3-12-6-7/h1-4,6,11H,5,10H2. The lowest BCUT2D eigenvalue weighted by Crippen LogP contribution is -1.98. The fraction of sp³-hybridized carbons (Fsp3) is 0.111. The molecule has 68 valence electrons. The van der Waals surface area contributed by atoms with E-state index in [2.05, 4.69) is 22.1 Å². The molecule has 0 unspecified atom stereocenters. The van der Waals surface area contributed by atoms with E-state index in [1.165, 1.54) is 4.88 Å². The number of anilines is 2. The van der Waals surface area contributed by atoms with E-state index in [4.69, 9.17) is 5.73 Å². The third-order valence-corrected chi connectivity index (χ3v) is 3.37. The lowest BCUT2D eigenvalue weighted by atomic mass is 10.4. The number of hydrogen-bond donors (Lipinski definition) is 2. The van der Waals surface area contributed by atoms with Crippen LogP contribution in [0, 0.1) is 0 Å². The monoisotopic (exact) mass is 210 g/mol. The number of nitrogens with two attached hydrogens (primary N) is 1. The van der Waals surface area contributed by atoms with Crippen LogP contribution >= 0.6 is 22.7 Å². The zero-order valence-electron chi connectivity index (χ0n) is 6.99. The molecule has 13 heavy (non-hydrogen) atoms. The predicted molar refractivity (Wildman–Crippen MR) is 60.4 cm³/mol. The molecule has 0 bridgehead atoms. The molecule has 2 aromatic rings. The van der Waals surface area contributed by atoms with E-state index in [1.807, 2.05) is 11.4 Å². The number of thiophene rings is 2. The van der Waals surface area contributed by atoms with E-state index in [-0.39, 0.29) is 0 Å². The molecule has 0 saturated carbocycles. The topological polar surface area (TPSA) is 38.0 Å². The third kappa shape index (κ3) is 2.02. The fourth-order valence-electron chi connectivity index (χ4n) is 1.04. The lowest BCUT2D eigenvalue weighted by molar-refractivity contribution is 1.20. The number of nitrogens with one attached hydrogen (secondary N) is 1. The van der Waals surface area contributed by atoms with Crippen LogP contribution in [-0.2, 0) is 6.54 Å². The molecule has 0 aromatic carbocycles. The minimum Gasteiger partial charge on any atom is -0.398 e. The molecule has 0 aliphatic heterocycles. The van der Waals surface area contributed by atoms with Crippen LogP contribution in [0.1, 0.15) is 4.88 Å². The molecule has 2 rings (SSSR count). The molecule has 0 spiro atoms. The summed E-state index contributed by atoms with van der Waals surface area (Å²) in [5, 5.41) is 9.47. The summed E-state index contributed by atoms with van der Waals surface area (Å²) in [5.74, 6) is 0. The first-order chi connectivity index (χ1) is 6.36. The Morgan fingerprint density at radius 1 is 1.31 bits per heavy atom. The van der Waals surface area contributed by atoms with Crippen molar-refractivity contribution in [3.63, 3.8) is 0 Å². The van der Waals surface area contributed by atoms with E-state index in [9.17, 15) is 0 Å². The summed E-state index contributed by atoms with van der Waals surface area (Å²) < 4.78 is 0. The molecule has 0 fully saturated rings. The first-order valence-corrected chi connectivity index (χ1v) is 5.76.